The lowest BCUT2D eigenvalue weighted by Gasteiger charge is -2.45. The summed E-state index contributed by atoms with van der Waals surface area (Å²) in [6, 6.07) is -0.466. The van der Waals surface area contributed by atoms with Crippen LogP contribution >= 0.6 is 0 Å². The summed E-state index contributed by atoms with van der Waals surface area (Å²) in [5.74, 6) is -4.39. The monoisotopic (exact) mass is 817 g/mol. The molecule has 330 valence electrons. The minimum absolute atomic E-state index is 0.0184. The fourth-order valence-electron chi connectivity index (χ4n) is 10.4. The molecular weight excluding hydrogens is 746 g/mol. The Kier molecular flexibility index (Phi) is 19.4. The quantitative estimate of drug-likeness (QED) is 0.0612. The van der Waals surface area contributed by atoms with Gasteiger partial charge in [0.05, 0.1) is 95.0 Å². The number of aldehydes is 2. The Labute approximate surface area is 336 Å². The van der Waals surface area contributed by atoms with Crippen molar-refractivity contribution in [2.75, 3.05) is 59.9 Å². The fraction of sp³-hybridized carbons (Fsp3) is 0.927. The van der Waals surface area contributed by atoms with Crippen LogP contribution in [0.3, 0.4) is 0 Å². The minimum atomic E-state index is -1.32. The van der Waals surface area contributed by atoms with Crippen LogP contribution < -0.4 is 5.32 Å². The number of hydrogen-bond donors (Lipinski definition) is 9. The van der Waals surface area contributed by atoms with E-state index in [0.717, 1.165) is 19.1 Å². The van der Waals surface area contributed by atoms with E-state index in [1.807, 2.05) is 13.8 Å². The molecule has 0 aromatic carbocycles. The molecule has 16 heteroatoms. The Balaban J connectivity index is 1.27. The molecule has 0 aliphatic heterocycles. The Morgan fingerprint density at radius 1 is 0.649 bits per heavy atom. The molecule has 20 atom stereocenters. The number of carbonyl (C=O) groups is 3. The molecule has 0 amide bonds. The average molecular weight is 818 g/mol. The van der Waals surface area contributed by atoms with Gasteiger partial charge in [0.2, 0.25) is 0 Å². The van der Waals surface area contributed by atoms with E-state index in [-0.39, 0.29) is 101 Å². The van der Waals surface area contributed by atoms with Gasteiger partial charge in [0, 0.05) is 67.6 Å². The lowest BCUT2D eigenvalue weighted by molar-refractivity contribution is -0.160. The van der Waals surface area contributed by atoms with Gasteiger partial charge in [-0.05, 0) is 56.3 Å². The third kappa shape index (κ3) is 11.9. The van der Waals surface area contributed by atoms with Crippen LogP contribution in [-0.4, -0.2) is 174 Å². The molecular formula is C41H71NO15. The molecule has 0 aromatic heterocycles. The first-order valence-corrected chi connectivity index (χ1v) is 21.0. The van der Waals surface area contributed by atoms with Gasteiger partial charge in [0.15, 0.2) is 0 Å². The van der Waals surface area contributed by atoms with Crippen molar-refractivity contribution in [2.45, 2.75) is 114 Å². The zero-order chi connectivity index (χ0) is 42.0. The summed E-state index contributed by atoms with van der Waals surface area (Å²) in [4.78, 5) is 35.4. The van der Waals surface area contributed by atoms with Gasteiger partial charge in [0.25, 0.3) is 0 Å². The molecule has 0 heterocycles. The molecule has 4 rings (SSSR count). The first-order valence-electron chi connectivity index (χ1n) is 21.0. The Bertz CT molecular complexity index is 1230. The zero-order valence-electron chi connectivity index (χ0n) is 34.0. The fourth-order valence-corrected chi connectivity index (χ4v) is 10.4. The van der Waals surface area contributed by atoms with Crippen LogP contribution in [0.4, 0.5) is 0 Å². The van der Waals surface area contributed by atoms with Crippen molar-refractivity contribution in [3.8, 4) is 0 Å². The van der Waals surface area contributed by atoms with Gasteiger partial charge in [-0.3, -0.25) is 0 Å². The Morgan fingerprint density at radius 2 is 1.18 bits per heavy atom. The number of nitrogens with one attached hydrogen (secondary N) is 1. The highest BCUT2D eigenvalue weighted by Crippen LogP contribution is 2.40. The molecule has 0 saturated heterocycles. The van der Waals surface area contributed by atoms with E-state index in [1.54, 1.807) is 0 Å². The maximum absolute atomic E-state index is 12.3. The van der Waals surface area contributed by atoms with Gasteiger partial charge in [0.1, 0.15) is 18.4 Å². The second kappa shape index (κ2) is 22.9. The zero-order valence-corrected chi connectivity index (χ0v) is 34.0. The highest BCUT2D eigenvalue weighted by Gasteiger charge is 2.48. The van der Waals surface area contributed by atoms with Crippen LogP contribution in [-0.2, 0) is 33.3 Å². The Hall–Kier alpha value is -1.51. The number of Topliss-reactive ketones (excluding diaryl/α,β-unsaturated/α-hetero) is 1. The lowest BCUT2D eigenvalue weighted by atomic mass is 9.70. The standard InChI is InChI=1S/C41H71NO15/c1-5-23-8-21(2)30(38(51)34(23)47)18-56-16-28-11-26(14-45)32(40(53)35(28)48)20-57-17-29-12-25(13-44)31(39(52)36(29)49)19-55-15-27-10-24(9-22(3)46)37(50)41(54-4)33(27)42-6-7-43/h7,13,21,23-42,45,47-53H,5-6,8-12,14-20H2,1-4H3. The van der Waals surface area contributed by atoms with E-state index in [1.165, 1.54) is 14.0 Å². The predicted molar refractivity (Wildman–Crippen MR) is 204 cm³/mol. The van der Waals surface area contributed by atoms with Crippen LogP contribution in [0.1, 0.15) is 59.3 Å². The van der Waals surface area contributed by atoms with Crippen molar-refractivity contribution < 1.29 is 74.2 Å². The molecule has 4 fully saturated rings. The van der Waals surface area contributed by atoms with Crippen LogP contribution in [0.5, 0.6) is 0 Å². The number of ether oxygens (including phenoxy) is 4. The predicted octanol–water partition coefficient (Wildman–Crippen LogP) is -1.27. The number of aliphatic hydroxyl groups excluding tert-OH is 8. The van der Waals surface area contributed by atoms with Crippen molar-refractivity contribution in [3.05, 3.63) is 0 Å². The maximum atomic E-state index is 12.3. The molecule has 57 heavy (non-hydrogen) atoms. The molecule has 0 aromatic rings. The first kappa shape index (κ1) is 48.2. The van der Waals surface area contributed by atoms with Crippen molar-refractivity contribution >= 4 is 18.4 Å². The molecule has 20 unspecified atom stereocenters. The second-order valence-electron chi connectivity index (χ2n) is 17.6. The number of hydrogen-bond acceptors (Lipinski definition) is 16. The van der Waals surface area contributed by atoms with E-state index >= 15 is 0 Å². The van der Waals surface area contributed by atoms with Crippen molar-refractivity contribution in [1.29, 1.82) is 0 Å². The van der Waals surface area contributed by atoms with Crippen LogP contribution in [0.15, 0.2) is 0 Å². The summed E-state index contributed by atoms with van der Waals surface area (Å²) >= 11 is 0. The number of ketones is 1. The largest absolute Gasteiger partial charge is 0.396 e. The topological polar surface area (TPSA) is 262 Å². The summed E-state index contributed by atoms with van der Waals surface area (Å²) in [5, 5.41) is 90.0. The molecule has 0 spiro atoms. The van der Waals surface area contributed by atoms with Gasteiger partial charge in [-0.25, -0.2) is 0 Å². The van der Waals surface area contributed by atoms with Crippen molar-refractivity contribution in [2.24, 2.45) is 65.1 Å². The van der Waals surface area contributed by atoms with Crippen LogP contribution in [0.2, 0.25) is 0 Å². The smallest absolute Gasteiger partial charge is 0.133 e. The van der Waals surface area contributed by atoms with E-state index in [9.17, 15) is 55.2 Å². The summed E-state index contributed by atoms with van der Waals surface area (Å²) < 4.78 is 23.6. The van der Waals surface area contributed by atoms with Crippen molar-refractivity contribution in [3.63, 3.8) is 0 Å². The van der Waals surface area contributed by atoms with Gasteiger partial charge < -0.3 is 79.5 Å². The third-order valence-electron chi connectivity index (χ3n) is 14.0. The average Bonchev–Trinajstić information content (AvgIpc) is 3.19. The van der Waals surface area contributed by atoms with Crippen LogP contribution in [0.25, 0.3) is 0 Å². The molecule has 9 N–H and O–H groups in total. The molecule has 0 radical (unpaired) electrons. The van der Waals surface area contributed by atoms with Gasteiger partial charge in [-0.1, -0.05) is 20.3 Å². The van der Waals surface area contributed by atoms with Crippen molar-refractivity contribution in [1.82, 2.24) is 5.32 Å². The van der Waals surface area contributed by atoms with Crippen LogP contribution in [0, 0.1) is 65.1 Å². The molecule has 16 nitrogen and oxygen atoms in total. The van der Waals surface area contributed by atoms with Gasteiger partial charge in [-0.15, -0.1) is 0 Å². The van der Waals surface area contributed by atoms with Gasteiger partial charge in [-0.2, -0.15) is 0 Å². The highest BCUT2D eigenvalue weighted by atomic mass is 16.5. The maximum Gasteiger partial charge on any atom is 0.133 e. The Morgan fingerprint density at radius 3 is 1.74 bits per heavy atom. The number of carbonyl (C=O) groups excluding carboxylic acids is 3. The summed E-state index contributed by atoms with van der Waals surface area (Å²) in [5.41, 5.74) is 0. The summed E-state index contributed by atoms with van der Waals surface area (Å²) in [7, 11) is 1.45. The van der Waals surface area contributed by atoms with E-state index in [0.29, 0.717) is 19.1 Å². The first-order chi connectivity index (χ1) is 27.2. The summed E-state index contributed by atoms with van der Waals surface area (Å²) in [6.45, 7) is 5.50. The van der Waals surface area contributed by atoms with E-state index < -0.39 is 90.4 Å². The lowest BCUT2D eigenvalue weighted by Crippen LogP contribution is -2.59. The SMILES string of the molecule is CCC1CC(C)C(COCC2CC(CO)C(COCC3CC(C=O)C(COCC4CC(CC(C)=O)C(O)C(OC)C4NCC=O)C(O)C3O)C(O)C2O)C(O)C1O. The molecule has 4 aliphatic rings. The molecule has 4 saturated carbocycles. The third-order valence-corrected chi connectivity index (χ3v) is 14.0. The highest BCUT2D eigenvalue weighted by molar-refractivity contribution is 5.75. The summed E-state index contributed by atoms with van der Waals surface area (Å²) in [6.07, 6.45) is -4.25. The van der Waals surface area contributed by atoms with E-state index in [2.05, 4.69) is 5.32 Å². The van der Waals surface area contributed by atoms with Gasteiger partial charge >= 0.3 is 0 Å². The van der Waals surface area contributed by atoms with E-state index in [4.69, 9.17) is 18.9 Å². The number of aliphatic hydroxyl groups is 8. The second-order valence-corrected chi connectivity index (χ2v) is 17.6. The number of rotatable bonds is 21. The molecule has 0 bridgehead atoms. The normalized spacial score (nSPS) is 44.1. The number of methoxy groups -OCH3 is 1. The molecule has 4 aliphatic carbocycles. The minimum Gasteiger partial charge on any atom is -0.396 e.